The monoisotopic (exact) mass is 339 g/mol. The van der Waals surface area contributed by atoms with E-state index in [9.17, 15) is 13.2 Å². The molecule has 3 aliphatic rings. The lowest BCUT2D eigenvalue weighted by molar-refractivity contribution is -0.133. The number of carbonyl (C=O) groups excluding carboxylic acids is 1. The van der Waals surface area contributed by atoms with Gasteiger partial charge in [-0.1, -0.05) is 5.16 Å². The van der Waals surface area contributed by atoms with E-state index >= 15 is 0 Å². The highest BCUT2D eigenvalue weighted by molar-refractivity contribution is 7.91. The zero-order chi connectivity index (χ0) is 16.0. The molecule has 2 aliphatic heterocycles. The van der Waals surface area contributed by atoms with E-state index in [4.69, 9.17) is 4.52 Å². The van der Waals surface area contributed by atoms with E-state index in [2.05, 4.69) is 10.1 Å². The molecule has 0 radical (unpaired) electrons. The third-order valence-corrected chi connectivity index (χ3v) is 6.88. The third-order valence-electron chi connectivity index (χ3n) is 5.05. The minimum atomic E-state index is -2.94. The number of nitrogens with zero attached hydrogens (tertiary/aromatic N) is 3. The van der Waals surface area contributed by atoms with Gasteiger partial charge in [0.2, 0.25) is 11.8 Å². The number of likely N-dealkylation sites (tertiary alicyclic amines) is 1. The minimum absolute atomic E-state index is 0.0207. The van der Waals surface area contributed by atoms with E-state index in [1.807, 2.05) is 4.90 Å². The summed E-state index contributed by atoms with van der Waals surface area (Å²) in [4.78, 5) is 18.9. The molecule has 4 rings (SSSR count). The van der Waals surface area contributed by atoms with Crippen LogP contribution in [0.5, 0.6) is 0 Å². The molecule has 1 aromatic rings. The van der Waals surface area contributed by atoms with Crippen molar-refractivity contribution in [2.45, 2.75) is 50.5 Å². The quantitative estimate of drug-likeness (QED) is 0.824. The summed E-state index contributed by atoms with van der Waals surface area (Å²) in [6.07, 6.45) is 4.88. The summed E-state index contributed by atoms with van der Waals surface area (Å²) in [5.41, 5.74) is 0. The highest BCUT2D eigenvalue weighted by Crippen LogP contribution is 2.40. The highest BCUT2D eigenvalue weighted by Gasteiger charge is 2.37. The summed E-state index contributed by atoms with van der Waals surface area (Å²) < 4.78 is 28.4. The fourth-order valence-electron chi connectivity index (χ4n) is 3.61. The van der Waals surface area contributed by atoms with Gasteiger partial charge in [0.15, 0.2) is 15.7 Å². The molecule has 1 aliphatic carbocycles. The standard InChI is InChI=1S/C15H21N3O4S/c19-13(8-10-5-7-23(20,21)9-10)18-6-1-2-12(18)14-16-15(22-17-14)11-3-4-11/h10-12H,1-9H2/t10-,12-/m1/s1. The van der Waals surface area contributed by atoms with Crippen LogP contribution in [0.4, 0.5) is 0 Å². The number of hydrogen-bond acceptors (Lipinski definition) is 6. The van der Waals surface area contributed by atoms with E-state index in [1.165, 1.54) is 0 Å². The van der Waals surface area contributed by atoms with Crippen molar-refractivity contribution >= 4 is 15.7 Å². The number of hydrogen-bond donors (Lipinski definition) is 0. The molecule has 1 saturated carbocycles. The second-order valence-corrected chi connectivity index (χ2v) is 9.21. The van der Waals surface area contributed by atoms with E-state index in [-0.39, 0.29) is 29.4 Å². The second-order valence-electron chi connectivity index (χ2n) is 6.98. The van der Waals surface area contributed by atoms with Crippen LogP contribution >= 0.6 is 0 Å². The van der Waals surface area contributed by atoms with E-state index in [0.29, 0.717) is 37.0 Å². The summed E-state index contributed by atoms with van der Waals surface area (Å²) >= 11 is 0. The Balaban J connectivity index is 1.43. The fraction of sp³-hybridized carbons (Fsp3) is 0.800. The zero-order valence-electron chi connectivity index (χ0n) is 13.0. The highest BCUT2D eigenvalue weighted by atomic mass is 32.2. The van der Waals surface area contributed by atoms with Crippen LogP contribution in [-0.4, -0.2) is 47.4 Å². The van der Waals surface area contributed by atoms with E-state index < -0.39 is 9.84 Å². The van der Waals surface area contributed by atoms with Crippen molar-refractivity contribution in [1.29, 1.82) is 0 Å². The van der Waals surface area contributed by atoms with Crippen LogP contribution in [0.15, 0.2) is 4.52 Å². The molecule has 8 heteroatoms. The van der Waals surface area contributed by atoms with Crippen molar-refractivity contribution in [3.05, 3.63) is 11.7 Å². The molecule has 126 valence electrons. The Morgan fingerprint density at radius 1 is 1.26 bits per heavy atom. The van der Waals surface area contributed by atoms with Gasteiger partial charge in [-0.3, -0.25) is 4.79 Å². The molecular formula is C15H21N3O4S. The molecule has 1 amide bonds. The van der Waals surface area contributed by atoms with Gasteiger partial charge >= 0.3 is 0 Å². The molecule has 3 fully saturated rings. The summed E-state index contributed by atoms with van der Waals surface area (Å²) in [5, 5.41) is 4.07. The van der Waals surface area contributed by atoms with Gasteiger partial charge < -0.3 is 9.42 Å². The first-order valence-corrected chi connectivity index (χ1v) is 10.2. The first kappa shape index (κ1) is 15.1. The first-order chi connectivity index (χ1) is 11.0. The van der Waals surface area contributed by atoms with Gasteiger partial charge in [-0.15, -0.1) is 0 Å². The second kappa shape index (κ2) is 5.58. The van der Waals surface area contributed by atoms with Gasteiger partial charge in [0.25, 0.3) is 0 Å². The SMILES string of the molecule is O=C(C[C@H]1CCS(=O)(=O)C1)N1CCC[C@@H]1c1noc(C2CC2)n1. The van der Waals surface area contributed by atoms with Crippen LogP contribution in [0, 0.1) is 5.92 Å². The van der Waals surface area contributed by atoms with Crippen LogP contribution in [0.25, 0.3) is 0 Å². The Morgan fingerprint density at radius 3 is 2.78 bits per heavy atom. The molecule has 0 spiro atoms. The van der Waals surface area contributed by atoms with Gasteiger partial charge in [-0.25, -0.2) is 8.42 Å². The third kappa shape index (κ3) is 3.13. The van der Waals surface area contributed by atoms with Gasteiger partial charge in [0, 0.05) is 18.9 Å². The van der Waals surface area contributed by atoms with Crippen LogP contribution < -0.4 is 0 Å². The number of carbonyl (C=O) groups is 1. The molecule has 7 nitrogen and oxygen atoms in total. The van der Waals surface area contributed by atoms with Crippen LogP contribution in [-0.2, 0) is 14.6 Å². The largest absolute Gasteiger partial charge is 0.339 e. The molecule has 0 bridgehead atoms. The average molecular weight is 339 g/mol. The Bertz CT molecular complexity index is 710. The summed E-state index contributed by atoms with van der Waals surface area (Å²) in [6, 6.07) is -0.114. The lowest BCUT2D eigenvalue weighted by atomic mass is 10.0. The van der Waals surface area contributed by atoms with Gasteiger partial charge in [0.1, 0.15) is 0 Å². The predicted molar refractivity (Wildman–Crippen MR) is 81.3 cm³/mol. The molecule has 0 aromatic carbocycles. The van der Waals surface area contributed by atoms with E-state index in [0.717, 1.165) is 25.7 Å². The van der Waals surface area contributed by atoms with Crippen LogP contribution in [0.2, 0.25) is 0 Å². The van der Waals surface area contributed by atoms with Gasteiger partial charge in [-0.2, -0.15) is 4.98 Å². The van der Waals surface area contributed by atoms with Crippen molar-refractivity contribution in [2.75, 3.05) is 18.1 Å². The van der Waals surface area contributed by atoms with Crippen LogP contribution in [0.3, 0.4) is 0 Å². The smallest absolute Gasteiger partial charge is 0.229 e. The number of rotatable bonds is 4. The van der Waals surface area contributed by atoms with Crippen molar-refractivity contribution in [1.82, 2.24) is 15.0 Å². The lowest BCUT2D eigenvalue weighted by Gasteiger charge is -2.23. The molecule has 2 atom stereocenters. The fourth-order valence-corrected chi connectivity index (χ4v) is 5.47. The minimum Gasteiger partial charge on any atom is -0.339 e. The molecule has 3 heterocycles. The Labute approximate surface area is 135 Å². The predicted octanol–water partition coefficient (Wildman–Crippen LogP) is 1.44. The zero-order valence-corrected chi connectivity index (χ0v) is 13.8. The molecule has 0 N–H and O–H groups in total. The Morgan fingerprint density at radius 2 is 2.09 bits per heavy atom. The van der Waals surface area contributed by atoms with Gasteiger partial charge in [0.05, 0.1) is 17.5 Å². The lowest BCUT2D eigenvalue weighted by Crippen LogP contribution is -2.32. The molecule has 2 saturated heterocycles. The summed E-state index contributed by atoms with van der Waals surface area (Å²) in [5.74, 6) is 2.05. The number of aromatic nitrogens is 2. The molecule has 0 unspecified atom stereocenters. The number of sulfone groups is 1. The molecule has 23 heavy (non-hydrogen) atoms. The Hall–Kier alpha value is -1.44. The van der Waals surface area contributed by atoms with Crippen LogP contribution in [0.1, 0.15) is 62.2 Å². The van der Waals surface area contributed by atoms with Gasteiger partial charge in [-0.05, 0) is 38.0 Å². The van der Waals surface area contributed by atoms with Crippen molar-refractivity contribution in [3.8, 4) is 0 Å². The maximum atomic E-state index is 12.6. The molecule has 1 aromatic heterocycles. The summed E-state index contributed by atoms with van der Waals surface area (Å²) in [6.45, 7) is 0.691. The Kier molecular flexibility index (Phi) is 3.66. The average Bonchev–Trinajstić information content (AvgIpc) is 2.93. The van der Waals surface area contributed by atoms with Crippen molar-refractivity contribution in [2.24, 2.45) is 5.92 Å². The normalized spacial score (nSPS) is 30.0. The number of amides is 1. The molecular weight excluding hydrogens is 318 g/mol. The topological polar surface area (TPSA) is 93.4 Å². The maximum absolute atomic E-state index is 12.6. The van der Waals surface area contributed by atoms with E-state index in [1.54, 1.807) is 0 Å². The maximum Gasteiger partial charge on any atom is 0.229 e. The van der Waals surface area contributed by atoms with Crippen molar-refractivity contribution < 1.29 is 17.7 Å². The van der Waals surface area contributed by atoms with Crippen molar-refractivity contribution in [3.63, 3.8) is 0 Å². The first-order valence-electron chi connectivity index (χ1n) is 8.35. The summed E-state index contributed by atoms with van der Waals surface area (Å²) in [7, 11) is -2.94.